The van der Waals surface area contributed by atoms with E-state index in [0.29, 0.717) is 38.2 Å². The van der Waals surface area contributed by atoms with Crippen LogP contribution in [-0.4, -0.2) is 61.3 Å². The molecule has 10 nitrogen and oxygen atoms in total. The zero-order valence-corrected chi connectivity index (χ0v) is 23.2. The van der Waals surface area contributed by atoms with E-state index in [9.17, 15) is 19.8 Å². The number of amides is 1. The molecular formula is C24H35N6NaO4. The van der Waals surface area contributed by atoms with E-state index in [1.165, 1.54) is 11.1 Å². The molecular weight excluding hydrogens is 459 g/mol. The van der Waals surface area contributed by atoms with E-state index in [1.54, 1.807) is 4.68 Å². The number of aryl methyl sites for hydroxylation is 1. The van der Waals surface area contributed by atoms with Gasteiger partial charge in [0.05, 0.1) is 12.1 Å². The average molecular weight is 495 g/mol. The second-order valence-electron chi connectivity index (χ2n) is 10.2. The Labute approximate surface area is 228 Å². The van der Waals surface area contributed by atoms with Gasteiger partial charge in [0.25, 0.3) is 0 Å². The number of rotatable bonds is 11. The van der Waals surface area contributed by atoms with Gasteiger partial charge in [0.2, 0.25) is 5.91 Å². The van der Waals surface area contributed by atoms with Gasteiger partial charge in [-0.2, -0.15) is 0 Å². The van der Waals surface area contributed by atoms with E-state index in [1.807, 2.05) is 17.0 Å². The normalized spacial score (nSPS) is 15.1. The van der Waals surface area contributed by atoms with E-state index < -0.39 is 18.5 Å². The molecule has 186 valence electrons. The maximum Gasteiger partial charge on any atom is 1.00 e. The first-order valence-electron chi connectivity index (χ1n) is 11.8. The number of nitrogens with one attached hydrogen (secondary N) is 1. The summed E-state index contributed by atoms with van der Waals surface area (Å²) in [6.07, 6.45) is 1.06. The molecule has 3 rings (SSSR count). The zero-order valence-electron chi connectivity index (χ0n) is 21.2. The van der Waals surface area contributed by atoms with Gasteiger partial charge >= 0.3 is 29.6 Å². The van der Waals surface area contributed by atoms with Crippen LogP contribution in [0.2, 0.25) is 0 Å². The van der Waals surface area contributed by atoms with Crippen molar-refractivity contribution in [2.45, 2.75) is 78.1 Å². The first-order valence-corrected chi connectivity index (χ1v) is 11.8. The van der Waals surface area contributed by atoms with E-state index >= 15 is 0 Å². The van der Waals surface area contributed by atoms with E-state index in [4.69, 9.17) is 0 Å². The summed E-state index contributed by atoms with van der Waals surface area (Å²) < 4.78 is 1.69. The fourth-order valence-electron chi connectivity index (χ4n) is 4.28. The minimum atomic E-state index is -1.30. The Morgan fingerprint density at radius 3 is 2.63 bits per heavy atom. The molecule has 0 radical (unpaired) electrons. The summed E-state index contributed by atoms with van der Waals surface area (Å²) in [6, 6.07) is 7.96. The molecule has 2 N–H and O–H groups in total. The molecule has 11 heteroatoms. The number of aliphatic hydroxyl groups is 1. The predicted octanol–water partition coefficient (Wildman–Crippen LogP) is -2.39. The number of benzene rings is 1. The van der Waals surface area contributed by atoms with Crippen molar-refractivity contribution in [2.24, 2.45) is 5.41 Å². The minimum absolute atomic E-state index is 0. The second kappa shape index (κ2) is 13.5. The largest absolute Gasteiger partial charge is 1.00 e. The van der Waals surface area contributed by atoms with Crippen LogP contribution in [0.1, 0.15) is 69.4 Å². The van der Waals surface area contributed by atoms with Crippen molar-refractivity contribution >= 4 is 11.9 Å². The molecule has 1 aromatic heterocycles. The number of aliphatic hydroxyl groups excluding tert-OH is 1. The van der Waals surface area contributed by atoms with Crippen LogP contribution in [0.25, 0.3) is 0 Å². The molecule has 1 aliphatic heterocycles. The summed E-state index contributed by atoms with van der Waals surface area (Å²) in [5, 5.41) is 36.0. The van der Waals surface area contributed by atoms with Crippen molar-refractivity contribution in [2.75, 3.05) is 13.1 Å². The molecule has 1 unspecified atom stereocenters. The molecule has 0 spiro atoms. The van der Waals surface area contributed by atoms with Crippen LogP contribution >= 0.6 is 0 Å². The van der Waals surface area contributed by atoms with Crippen molar-refractivity contribution in [3.05, 3.63) is 41.2 Å². The third-order valence-corrected chi connectivity index (χ3v) is 5.93. The van der Waals surface area contributed by atoms with E-state index in [2.05, 4.69) is 53.7 Å². The molecule has 2 atom stereocenters. The molecule has 0 saturated carbocycles. The molecule has 0 aliphatic carbocycles. The first-order chi connectivity index (χ1) is 16.1. The summed E-state index contributed by atoms with van der Waals surface area (Å²) in [5.41, 5.74) is 2.46. The van der Waals surface area contributed by atoms with Gasteiger partial charge < -0.3 is 25.2 Å². The van der Waals surface area contributed by atoms with Crippen molar-refractivity contribution < 1.29 is 49.4 Å². The standard InChI is InChI=1S/C24H36N6O4.Na/c1-24(2,3)14-20(25-15-19(31)13-22(33)34)23-26-27-28-30(23)11-6-9-21(32)29-12-10-17-7-4-5-8-18(17)16-29;/h4-5,7-8,19-20,25,31H,6,9-16H2,1-3H3,(H,33,34);/q;+1/p-1/t19?,20-;/m1./s1. The van der Waals surface area contributed by atoms with Crippen LogP contribution in [0.15, 0.2) is 24.3 Å². The summed E-state index contributed by atoms with van der Waals surface area (Å²) in [4.78, 5) is 25.4. The molecule has 2 aromatic rings. The Morgan fingerprint density at radius 2 is 1.94 bits per heavy atom. The number of fused-ring (bicyclic) bond motifs is 1. The van der Waals surface area contributed by atoms with Gasteiger partial charge in [-0.3, -0.25) is 4.79 Å². The maximum atomic E-state index is 12.8. The molecule has 0 saturated heterocycles. The van der Waals surface area contributed by atoms with Gasteiger partial charge in [0, 0.05) is 45.0 Å². The molecule has 1 amide bonds. The third kappa shape index (κ3) is 9.27. The first kappa shape index (κ1) is 29.4. The van der Waals surface area contributed by atoms with Crippen molar-refractivity contribution in [1.29, 1.82) is 0 Å². The SMILES string of the molecule is CC(C)(C)C[C@@H](NCC(O)CC(=O)[O-])c1nnnn1CCCC(=O)N1CCc2ccccc2C1.[Na+]. The summed E-state index contributed by atoms with van der Waals surface area (Å²) in [7, 11) is 0. The predicted molar refractivity (Wildman–Crippen MR) is 123 cm³/mol. The third-order valence-electron chi connectivity index (χ3n) is 5.93. The number of carbonyl (C=O) groups excluding carboxylic acids is 2. The van der Waals surface area contributed by atoms with E-state index in [-0.39, 0.29) is 53.5 Å². The van der Waals surface area contributed by atoms with Gasteiger partial charge in [-0.05, 0) is 46.2 Å². The van der Waals surface area contributed by atoms with Crippen LogP contribution < -0.4 is 40.0 Å². The van der Waals surface area contributed by atoms with Gasteiger partial charge in [-0.1, -0.05) is 45.0 Å². The Balaban J connectivity index is 0.00000432. The van der Waals surface area contributed by atoms with E-state index in [0.717, 1.165) is 13.0 Å². The zero-order chi connectivity index (χ0) is 24.7. The maximum absolute atomic E-state index is 12.8. The van der Waals surface area contributed by atoms with Crippen molar-refractivity contribution in [1.82, 2.24) is 30.4 Å². The van der Waals surface area contributed by atoms with Crippen LogP contribution in [0.5, 0.6) is 0 Å². The summed E-state index contributed by atoms with van der Waals surface area (Å²) in [6.45, 7) is 8.21. The molecule has 1 aromatic carbocycles. The van der Waals surface area contributed by atoms with Crippen molar-refractivity contribution in [3.63, 3.8) is 0 Å². The Hall–Kier alpha value is -1.85. The van der Waals surface area contributed by atoms with Gasteiger partial charge in [-0.15, -0.1) is 5.10 Å². The fourth-order valence-corrected chi connectivity index (χ4v) is 4.28. The number of carboxylic acid groups (broad SMARTS) is 1. The quantitative estimate of drug-likeness (QED) is 0.330. The van der Waals surface area contributed by atoms with Crippen molar-refractivity contribution in [3.8, 4) is 0 Å². The smallest absolute Gasteiger partial charge is 0.550 e. The molecule has 1 aliphatic rings. The van der Waals surface area contributed by atoms with Crippen LogP contribution in [0, 0.1) is 5.41 Å². The molecule has 0 fully saturated rings. The number of nitrogens with zero attached hydrogens (tertiary/aromatic N) is 5. The fraction of sp³-hybridized carbons (Fsp3) is 0.625. The van der Waals surface area contributed by atoms with Crippen LogP contribution in [-0.2, 0) is 29.1 Å². The number of hydrogen-bond acceptors (Lipinski definition) is 8. The number of carboxylic acids is 1. The average Bonchev–Trinajstić information content (AvgIpc) is 3.23. The number of aromatic nitrogens is 4. The second-order valence-corrected chi connectivity index (χ2v) is 10.2. The van der Waals surface area contributed by atoms with Crippen LogP contribution in [0.3, 0.4) is 0 Å². The Kier molecular flexibility index (Phi) is 11.3. The molecule has 35 heavy (non-hydrogen) atoms. The Morgan fingerprint density at radius 1 is 1.23 bits per heavy atom. The van der Waals surface area contributed by atoms with Gasteiger partial charge in [-0.25, -0.2) is 4.68 Å². The van der Waals surface area contributed by atoms with Crippen LogP contribution in [0.4, 0.5) is 0 Å². The minimum Gasteiger partial charge on any atom is -0.550 e. The van der Waals surface area contributed by atoms with Gasteiger partial charge in [0.1, 0.15) is 0 Å². The number of hydrogen-bond donors (Lipinski definition) is 2. The topological polar surface area (TPSA) is 136 Å². The monoisotopic (exact) mass is 494 g/mol. The number of aliphatic carboxylic acids is 1. The molecule has 2 heterocycles. The Bertz CT molecular complexity index is 977. The number of carbonyl (C=O) groups is 2. The van der Waals surface area contributed by atoms with Gasteiger partial charge in [0.15, 0.2) is 5.82 Å². The molecule has 0 bridgehead atoms. The summed E-state index contributed by atoms with van der Waals surface area (Å²) in [5.74, 6) is -0.567. The number of tetrazole rings is 1. The summed E-state index contributed by atoms with van der Waals surface area (Å²) >= 11 is 0.